The van der Waals surface area contributed by atoms with E-state index >= 15 is 0 Å². The summed E-state index contributed by atoms with van der Waals surface area (Å²) >= 11 is 0. The third-order valence-corrected chi connectivity index (χ3v) is 7.05. The Hall–Kier alpha value is -3.26. The molecule has 1 heterocycles. The number of aliphatic carboxylic acids is 1. The number of hydrogen-bond acceptors (Lipinski definition) is 17. The smallest absolute Gasteiger partial charge is 0.305 e. The summed E-state index contributed by atoms with van der Waals surface area (Å²) in [4.78, 5) is 55.6. The van der Waals surface area contributed by atoms with Crippen LogP contribution in [-0.4, -0.2) is 159 Å². The van der Waals surface area contributed by atoms with Crippen molar-refractivity contribution >= 4 is 51.3 Å². The fourth-order valence-corrected chi connectivity index (χ4v) is 3.78. The molecular formula is C29H55B3N4O14. The molecule has 50 heavy (non-hydrogen) atoms. The van der Waals surface area contributed by atoms with Gasteiger partial charge >= 0.3 is 242 Å². The first-order valence-corrected chi connectivity index (χ1v) is 16.2. The monoisotopic (exact) mass is 716 g/mol. The van der Waals surface area contributed by atoms with E-state index in [0.717, 1.165) is 33.0 Å². The Morgan fingerprint density at radius 3 is 1.44 bits per heavy atom. The summed E-state index contributed by atoms with van der Waals surface area (Å²) in [6.07, 6.45) is 4.86. The molecule has 1 aliphatic heterocycles. The van der Waals surface area contributed by atoms with Gasteiger partial charge in [0.2, 0.25) is 0 Å². The number of aliphatic hydroxyl groups excluding tert-OH is 1. The van der Waals surface area contributed by atoms with Gasteiger partial charge in [0.1, 0.15) is 0 Å². The Morgan fingerprint density at radius 2 is 1.08 bits per heavy atom. The van der Waals surface area contributed by atoms with E-state index in [0.29, 0.717) is 46.0 Å². The van der Waals surface area contributed by atoms with Crippen LogP contribution >= 0.6 is 0 Å². The average Bonchev–Trinajstić information content (AvgIpc) is 3.85. The number of esters is 4. The molecular weight excluding hydrogens is 661 g/mol. The van der Waals surface area contributed by atoms with Crippen molar-refractivity contribution in [3.05, 3.63) is 0 Å². The van der Waals surface area contributed by atoms with Crippen molar-refractivity contribution in [1.82, 2.24) is 20.9 Å². The molecule has 1 rings (SSSR count). The van der Waals surface area contributed by atoms with Gasteiger partial charge in [0.05, 0.1) is 7.11 Å². The van der Waals surface area contributed by atoms with Crippen LogP contribution < -0.4 is 16.0 Å². The van der Waals surface area contributed by atoms with Gasteiger partial charge < -0.3 is 9.64 Å². The van der Waals surface area contributed by atoms with E-state index in [-0.39, 0.29) is 68.7 Å². The van der Waals surface area contributed by atoms with E-state index in [9.17, 15) is 38.1 Å². The first-order valence-electron chi connectivity index (χ1n) is 16.2. The molecule has 0 bridgehead atoms. The third kappa shape index (κ3) is 33.3. The van der Waals surface area contributed by atoms with E-state index in [1.807, 2.05) is 6.92 Å². The molecule has 18 nitrogen and oxygen atoms in total. The molecule has 0 amide bonds. The summed E-state index contributed by atoms with van der Waals surface area (Å²) in [5, 5.41) is 25.7. The van der Waals surface area contributed by atoms with Gasteiger partial charge in [-0.3, -0.25) is 4.79 Å². The fraction of sp³-hybridized carbons (Fsp3) is 0.828. The van der Waals surface area contributed by atoms with Gasteiger partial charge in [0.15, 0.2) is 0 Å². The van der Waals surface area contributed by atoms with Crippen LogP contribution in [0.5, 0.6) is 0 Å². The fourth-order valence-electron chi connectivity index (χ4n) is 3.78. The normalized spacial score (nSPS) is 15.3. The zero-order chi connectivity index (χ0) is 38.7. The molecule has 0 aliphatic carbocycles. The van der Waals surface area contributed by atoms with Crippen LogP contribution in [0.2, 0.25) is 0 Å². The number of methoxy groups -OCH3 is 4. The Bertz CT molecular complexity index is 948. The number of carboxylic acids is 1. The molecule has 0 aromatic rings. The van der Waals surface area contributed by atoms with Crippen molar-refractivity contribution < 1.29 is 67.2 Å². The molecule has 0 aromatic heterocycles. The summed E-state index contributed by atoms with van der Waals surface area (Å²) in [6.45, 7) is 3.06. The second-order valence-corrected chi connectivity index (χ2v) is 10.7. The minimum atomic E-state index is -1.09. The van der Waals surface area contributed by atoms with Gasteiger partial charge in [-0.1, -0.05) is 0 Å². The zero-order valence-corrected chi connectivity index (χ0v) is 30.2. The van der Waals surface area contributed by atoms with E-state index < -0.39 is 18.0 Å². The number of rotatable bonds is 24. The van der Waals surface area contributed by atoms with Crippen molar-refractivity contribution in [3.63, 3.8) is 0 Å². The van der Waals surface area contributed by atoms with Gasteiger partial charge in [-0.15, -0.1) is 0 Å². The number of ether oxygens (including phenoxy) is 4. The molecule has 21 heteroatoms. The van der Waals surface area contributed by atoms with Crippen LogP contribution in [-0.2, 0) is 57.0 Å². The number of nitrogens with zero attached hydrogens (tertiary/aromatic N) is 1. The predicted octanol–water partition coefficient (Wildman–Crippen LogP) is -1.54. The number of nitrogens with one attached hydrogen (secondary N) is 3. The minimum absolute atomic E-state index is 0.0132. The van der Waals surface area contributed by atoms with Crippen molar-refractivity contribution in [1.29, 1.82) is 0 Å². The SMILES string of the molecule is CCC(CCC(=O)OC)NCB=O.COC(=O)CCC(CO)NCB=O.COC(=O)CCC(NCB=O)C(=O)O.COC(=O)CCC1CN1C. The van der Waals surface area contributed by atoms with Crippen LogP contribution in [0.15, 0.2) is 0 Å². The zero-order valence-electron chi connectivity index (χ0n) is 30.2. The maximum absolute atomic E-state index is 10.8. The Morgan fingerprint density at radius 1 is 0.700 bits per heavy atom. The Balaban J connectivity index is -0.000000592. The molecule has 0 saturated carbocycles. The van der Waals surface area contributed by atoms with Crippen LogP contribution in [0, 0.1) is 0 Å². The summed E-state index contributed by atoms with van der Waals surface area (Å²) in [6, 6.07) is -0.244. The predicted molar refractivity (Wildman–Crippen MR) is 181 cm³/mol. The van der Waals surface area contributed by atoms with Gasteiger partial charge in [-0.2, -0.15) is 0 Å². The Kier molecular flexibility index (Phi) is 36.4. The molecule has 284 valence electrons. The molecule has 0 spiro atoms. The summed E-state index contributed by atoms with van der Waals surface area (Å²) in [7, 11) is 9.50. The van der Waals surface area contributed by atoms with E-state index in [2.05, 4.69) is 46.8 Å². The topological polar surface area (TPSA) is 253 Å². The van der Waals surface area contributed by atoms with E-state index in [1.165, 1.54) is 28.4 Å². The van der Waals surface area contributed by atoms with Gasteiger partial charge in [0.25, 0.3) is 0 Å². The molecule has 5 N–H and O–H groups in total. The Labute approximate surface area is 296 Å². The maximum atomic E-state index is 10.8. The number of carboxylic acid groups (broad SMARTS) is 1. The molecule has 1 saturated heterocycles. The molecule has 0 aromatic carbocycles. The number of carbonyl (C=O) groups excluding carboxylic acids is 4. The number of likely N-dealkylation sites (N-methyl/N-ethyl adjacent to an activating group) is 1. The van der Waals surface area contributed by atoms with E-state index in [1.54, 1.807) is 0 Å². The van der Waals surface area contributed by atoms with Crippen molar-refractivity contribution in [2.45, 2.75) is 88.9 Å². The van der Waals surface area contributed by atoms with E-state index in [4.69, 9.17) is 10.2 Å². The van der Waals surface area contributed by atoms with Crippen LogP contribution in [0.1, 0.15) is 64.7 Å². The maximum Gasteiger partial charge on any atom is 0.305 e. The van der Waals surface area contributed by atoms with Gasteiger partial charge in [-0.05, 0) is 13.5 Å². The number of carbonyl (C=O) groups is 5. The summed E-state index contributed by atoms with van der Waals surface area (Å²) < 4.78 is 47.8. The molecule has 5 atom stereocenters. The first-order chi connectivity index (χ1) is 23.8. The summed E-state index contributed by atoms with van der Waals surface area (Å²) in [5.41, 5.74) is 0. The number of hydrogen-bond donors (Lipinski definition) is 5. The van der Waals surface area contributed by atoms with Crippen LogP contribution in [0.25, 0.3) is 0 Å². The molecule has 1 aliphatic rings. The number of aliphatic hydroxyl groups is 1. The molecule has 1 fully saturated rings. The quantitative estimate of drug-likeness (QED) is 0.0328. The van der Waals surface area contributed by atoms with Crippen LogP contribution in [0.3, 0.4) is 0 Å². The van der Waals surface area contributed by atoms with Crippen molar-refractivity contribution in [2.24, 2.45) is 0 Å². The van der Waals surface area contributed by atoms with Gasteiger partial charge in [0, 0.05) is 19.0 Å². The molecule has 5 unspecified atom stereocenters. The van der Waals surface area contributed by atoms with Crippen molar-refractivity contribution in [3.8, 4) is 0 Å². The summed E-state index contributed by atoms with van der Waals surface area (Å²) in [5.74, 6) is -2.17. The molecule has 0 radical (unpaired) electrons. The van der Waals surface area contributed by atoms with Gasteiger partial charge in [-0.25, -0.2) is 0 Å². The van der Waals surface area contributed by atoms with Crippen LogP contribution in [0.4, 0.5) is 0 Å². The largest absolute Gasteiger partial charge is 0.469 e. The minimum Gasteiger partial charge on any atom is -0.469 e. The van der Waals surface area contributed by atoms with Crippen molar-refractivity contribution in [2.75, 3.05) is 68.0 Å². The first kappa shape index (κ1) is 51.1. The average molecular weight is 716 g/mol. The second-order valence-electron chi connectivity index (χ2n) is 10.7. The standard InChI is InChI=1S/C8H16BNO3.C7H12BNO5.C7H14BNO4.C7H13NO2/c1-3-7(10-6-9-12)4-5-8(11)13-2;1-14-6(10)3-2-5(7(11)12)9-4-8-13;1-13-7(11)3-2-6(4-10)9-5-8-12;1-8-5-6(8)3-4-7(9)10-2/h7,10H,3-6H2,1-2H3;5,9H,2-4H2,1H3,(H,11,12);6,9-10H,2-5H2,1H3;6H,3-5H2,1-2H3. The second kappa shape index (κ2) is 35.6. The third-order valence-electron chi connectivity index (χ3n) is 7.05.